The highest BCUT2D eigenvalue weighted by molar-refractivity contribution is 7.89. The fraction of sp³-hybridized carbons (Fsp3) is 0.316. The number of ether oxygens (including phenoxy) is 4. The molecule has 0 heterocycles. The van der Waals surface area contributed by atoms with Crippen molar-refractivity contribution in [2.45, 2.75) is 18.7 Å². The molecule has 0 amide bonds. The SMILES string of the molecule is CCOc1ccc(S(=O)(=O)N/N=C/c2cc(OC)c(OCC)c(OC)c2)cc1. The second kappa shape index (κ2) is 9.84. The van der Waals surface area contributed by atoms with Crippen LogP contribution in [0.3, 0.4) is 0 Å². The van der Waals surface area contributed by atoms with Gasteiger partial charge in [0.1, 0.15) is 5.75 Å². The highest BCUT2D eigenvalue weighted by Crippen LogP contribution is 2.38. The van der Waals surface area contributed by atoms with E-state index in [9.17, 15) is 8.42 Å². The molecule has 1 N–H and O–H groups in total. The molecule has 0 aliphatic heterocycles. The molecule has 0 spiro atoms. The molecule has 8 nitrogen and oxygen atoms in total. The standard InChI is InChI=1S/C19H24N2O6S/c1-5-26-15-7-9-16(10-8-15)28(22,23)21-20-13-14-11-17(24-3)19(27-6-2)18(12-14)25-4/h7-13,21H,5-6H2,1-4H3/b20-13+. The molecule has 0 aliphatic rings. The maximum Gasteiger partial charge on any atom is 0.276 e. The molecule has 0 aliphatic carbocycles. The molecule has 9 heteroatoms. The van der Waals surface area contributed by atoms with Crippen LogP contribution in [0.1, 0.15) is 19.4 Å². The second-order valence-corrected chi connectivity index (χ2v) is 7.11. The Morgan fingerprint density at radius 1 is 0.964 bits per heavy atom. The van der Waals surface area contributed by atoms with Gasteiger partial charge in [0.15, 0.2) is 11.5 Å². The Kier molecular flexibility index (Phi) is 7.51. The molecule has 0 saturated carbocycles. The first-order valence-electron chi connectivity index (χ1n) is 8.61. The molecule has 28 heavy (non-hydrogen) atoms. The zero-order valence-corrected chi connectivity index (χ0v) is 17.1. The van der Waals surface area contributed by atoms with Crippen molar-refractivity contribution < 1.29 is 27.4 Å². The summed E-state index contributed by atoms with van der Waals surface area (Å²) >= 11 is 0. The van der Waals surface area contributed by atoms with E-state index in [2.05, 4.69) is 9.93 Å². The molecule has 0 saturated heterocycles. The number of hydrogen-bond donors (Lipinski definition) is 1. The quantitative estimate of drug-likeness (QED) is 0.480. The van der Waals surface area contributed by atoms with Gasteiger partial charge >= 0.3 is 0 Å². The number of methoxy groups -OCH3 is 2. The molecule has 152 valence electrons. The van der Waals surface area contributed by atoms with Gasteiger partial charge in [-0.1, -0.05) is 0 Å². The van der Waals surface area contributed by atoms with Crippen LogP contribution >= 0.6 is 0 Å². The second-order valence-electron chi connectivity index (χ2n) is 5.44. The van der Waals surface area contributed by atoms with E-state index in [1.807, 2.05) is 13.8 Å². The van der Waals surface area contributed by atoms with Gasteiger partial charge in [-0.25, -0.2) is 4.83 Å². The lowest BCUT2D eigenvalue weighted by atomic mass is 10.2. The number of hydrogen-bond acceptors (Lipinski definition) is 7. The van der Waals surface area contributed by atoms with E-state index in [1.54, 1.807) is 24.3 Å². The zero-order valence-electron chi connectivity index (χ0n) is 16.3. The fourth-order valence-electron chi connectivity index (χ4n) is 2.37. The highest BCUT2D eigenvalue weighted by Gasteiger charge is 2.14. The van der Waals surface area contributed by atoms with E-state index in [-0.39, 0.29) is 4.90 Å². The Morgan fingerprint density at radius 2 is 1.54 bits per heavy atom. The molecule has 2 rings (SSSR count). The summed E-state index contributed by atoms with van der Waals surface area (Å²) in [6, 6.07) is 9.41. The Balaban J connectivity index is 2.18. The van der Waals surface area contributed by atoms with Crippen molar-refractivity contribution in [1.82, 2.24) is 4.83 Å². The number of nitrogens with one attached hydrogen (secondary N) is 1. The van der Waals surface area contributed by atoms with E-state index in [1.165, 1.54) is 32.6 Å². The van der Waals surface area contributed by atoms with Crippen LogP contribution in [0.15, 0.2) is 46.4 Å². The third-order valence-electron chi connectivity index (χ3n) is 3.60. The van der Waals surface area contributed by atoms with Crippen LogP contribution in [0, 0.1) is 0 Å². The molecular formula is C19H24N2O6S. The molecule has 0 fully saturated rings. The molecule has 0 aromatic heterocycles. The average molecular weight is 408 g/mol. The Labute approximate surface area is 165 Å². The van der Waals surface area contributed by atoms with Crippen LogP contribution in [-0.4, -0.2) is 42.1 Å². The Morgan fingerprint density at radius 3 is 2.04 bits per heavy atom. The molecule has 2 aromatic carbocycles. The molecule has 2 aromatic rings. The maximum atomic E-state index is 12.3. The number of sulfonamides is 1. The van der Waals surface area contributed by atoms with Crippen LogP contribution < -0.4 is 23.8 Å². The van der Waals surface area contributed by atoms with Crippen molar-refractivity contribution in [3.05, 3.63) is 42.0 Å². The van der Waals surface area contributed by atoms with E-state index in [4.69, 9.17) is 18.9 Å². The summed E-state index contributed by atoms with van der Waals surface area (Å²) in [5.41, 5.74) is 0.576. The summed E-state index contributed by atoms with van der Waals surface area (Å²) in [7, 11) is -0.787. The lowest BCUT2D eigenvalue weighted by Gasteiger charge is -2.14. The minimum Gasteiger partial charge on any atom is -0.494 e. The van der Waals surface area contributed by atoms with Gasteiger partial charge in [0.2, 0.25) is 5.75 Å². The normalized spacial score (nSPS) is 11.3. The summed E-state index contributed by atoms with van der Waals surface area (Å²) in [5.74, 6) is 1.98. The van der Waals surface area contributed by atoms with E-state index in [0.717, 1.165) is 0 Å². The first-order chi connectivity index (χ1) is 13.4. The summed E-state index contributed by atoms with van der Waals surface area (Å²) in [4.78, 5) is 2.26. The van der Waals surface area contributed by atoms with E-state index < -0.39 is 10.0 Å². The molecule has 0 atom stereocenters. The van der Waals surface area contributed by atoms with Gasteiger partial charge in [-0.2, -0.15) is 13.5 Å². The van der Waals surface area contributed by atoms with Crippen LogP contribution in [-0.2, 0) is 10.0 Å². The summed E-state index contributed by atoms with van der Waals surface area (Å²) in [5, 5.41) is 3.83. The number of hydrazone groups is 1. The van der Waals surface area contributed by atoms with Gasteiger partial charge in [0, 0.05) is 5.56 Å². The van der Waals surface area contributed by atoms with Crippen LogP contribution in [0.25, 0.3) is 0 Å². The molecule has 0 unspecified atom stereocenters. The van der Waals surface area contributed by atoms with Gasteiger partial charge in [0.05, 0.1) is 38.5 Å². The van der Waals surface area contributed by atoms with E-state index in [0.29, 0.717) is 41.8 Å². The molecular weight excluding hydrogens is 384 g/mol. The third kappa shape index (κ3) is 5.29. The molecule has 0 bridgehead atoms. The lowest BCUT2D eigenvalue weighted by Crippen LogP contribution is -2.18. The number of benzene rings is 2. The van der Waals surface area contributed by atoms with Crippen molar-refractivity contribution in [1.29, 1.82) is 0 Å². The van der Waals surface area contributed by atoms with Gasteiger partial charge < -0.3 is 18.9 Å². The van der Waals surface area contributed by atoms with Crippen molar-refractivity contribution in [2.75, 3.05) is 27.4 Å². The number of nitrogens with zero attached hydrogens (tertiary/aromatic N) is 1. The predicted molar refractivity (Wildman–Crippen MR) is 106 cm³/mol. The Bertz CT molecular complexity index is 886. The van der Waals surface area contributed by atoms with Crippen molar-refractivity contribution in [2.24, 2.45) is 5.10 Å². The van der Waals surface area contributed by atoms with Crippen molar-refractivity contribution in [3.63, 3.8) is 0 Å². The first kappa shape index (κ1) is 21.4. The lowest BCUT2D eigenvalue weighted by molar-refractivity contribution is 0.288. The van der Waals surface area contributed by atoms with E-state index >= 15 is 0 Å². The average Bonchev–Trinajstić information content (AvgIpc) is 2.69. The minimum atomic E-state index is -3.80. The van der Waals surface area contributed by atoms with Gasteiger partial charge in [-0.3, -0.25) is 0 Å². The molecule has 0 radical (unpaired) electrons. The fourth-order valence-corrected chi connectivity index (χ4v) is 3.16. The third-order valence-corrected chi connectivity index (χ3v) is 4.84. The monoisotopic (exact) mass is 408 g/mol. The first-order valence-corrected chi connectivity index (χ1v) is 10.1. The maximum absolute atomic E-state index is 12.3. The largest absolute Gasteiger partial charge is 0.494 e. The van der Waals surface area contributed by atoms with Crippen molar-refractivity contribution in [3.8, 4) is 23.0 Å². The summed E-state index contributed by atoms with van der Waals surface area (Å²) < 4.78 is 46.1. The topological polar surface area (TPSA) is 95.5 Å². The van der Waals surface area contributed by atoms with Crippen LogP contribution in [0.4, 0.5) is 0 Å². The summed E-state index contributed by atoms with van der Waals surface area (Å²) in [6.45, 7) is 4.65. The minimum absolute atomic E-state index is 0.0787. The predicted octanol–water partition coefficient (Wildman–Crippen LogP) is 2.81. The van der Waals surface area contributed by atoms with Gasteiger partial charge in [0.25, 0.3) is 10.0 Å². The van der Waals surface area contributed by atoms with Crippen LogP contribution in [0.2, 0.25) is 0 Å². The van der Waals surface area contributed by atoms with Gasteiger partial charge in [-0.05, 0) is 50.2 Å². The Hall–Kier alpha value is -2.94. The number of rotatable bonds is 10. The smallest absolute Gasteiger partial charge is 0.276 e. The summed E-state index contributed by atoms with van der Waals surface area (Å²) in [6.07, 6.45) is 1.35. The van der Waals surface area contributed by atoms with Gasteiger partial charge in [-0.15, -0.1) is 0 Å². The zero-order chi connectivity index (χ0) is 20.6. The highest BCUT2D eigenvalue weighted by atomic mass is 32.2. The van der Waals surface area contributed by atoms with Crippen molar-refractivity contribution >= 4 is 16.2 Å². The van der Waals surface area contributed by atoms with Crippen LogP contribution in [0.5, 0.6) is 23.0 Å².